The van der Waals surface area contributed by atoms with Crippen LogP contribution >= 0.6 is 11.6 Å². The van der Waals surface area contributed by atoms with Gasteiger partial charge in [-0.2, -0.15) is 0 Å². The van der Waals surface area contributed by atoms with E-state index in [-0.39, 0.29) is 6.10 Å². The second-order valence-corrected chi connectivity index (χ2v) is 4.99. The molecule has 0 radical (unpaired) electrons. The standard InChI is InChI=1S/C13H24ClN3O/c1-3-5-7-12-16-11(13(14)17-12)9-15-8-10(18)6-4-2/h10,15,18H,3-9H2,1-2H3,(H,16,17). The summed E-state index contributed by atoms with van der Waals surface area (Å²) in [4.78, 5) is 7.52. The van der Waals surface area contributed by atoms with Crippen molar-refractivity contribution in [3.8, 4) is 0 Å². The summed E-state index contributed by atoms with van der Waals surface area (Å²) in [5.74, 6) is 0.952. The molecule has 4 nitrogen and oxygen atoms in total. The average Bonchev–Trinajstić information content (AvgIpc) is 2.68. The fourth-order valence-corrected chi connectivity index (χ4v) is 2.03. The van der Waals surface area contributed by atoms with Crippen molar-refractivity contribution in [1.82, 2.24) is 15.3 Å². The fourth-order valence-electron chi connectivity index (χ4n) is 1.82. The highest BCUT2D eigenvalue weighted by Gasteiger charge is 2.08. The molecule has 5 heteroatoms. The van der Waals surface area contributed by atoms with E-state index in [0.29, 0.717) is 18.2 Å². The number of nitrogens with one attached hydrogen (secondary N) is 2. The van der Waals surface area contributed by atoms with Crippen molar-refractivity contribution in [3.05, 3.63) is 16.7 Å². The summed E-state index contributed by atoms with van der Waals surface area (Å²) < 4.78 is 0. The molecule has 18 heavy (non-hydrogen) atoms. The Morgan fingerprint density at radius 3 is 2.83 bits per heavy atom. The predicted octanol–water partition coefficient (Wildman–Crippen LogP) is 2.66. The number of aromatic nitrogens is 2. The van der Waals surface area contributed by atoms with Crippen LogP contribution in [0.3, 0.4) is 0 Å². The first-order chi connectivity index (χ1) is 8.67. The van der Waals surface area contributed by atoms with E-state index in [1.807, 2.05) is 0 Å². The van der Waals surface area contributed by atoms with Crippen molar-refractivity contribution in [2.24, 2.45) is 0 Å². The first-order valence-electron chi connectivity index (χ1n) is 6.79. The van der Waals surface area contributed by atoms with E-state index < -0.39 is 0 Å². The zero-order chi connectivity index (χ0) is 13.4. The quantitative estimate of drug-likeness (QED) is 0.648. The lowest BCUT2D eigenvalue weighted by atomic mass is 10.2. The van der Waals surface area contributed by atoms with Crippen molar-refractivity contribution >= 4 is 11.6 Å². The molecular weight excluding hydrogens is 250 g/mol. The average molecular weight is 274 g/mol. The van der Waals surface area contributed by atoms with Gasteiger partial charge in [-0.3, -0.25) is 0 Å². The summed E-state index contributed by atoms with van der Waals surface area (Å²) in [7, 11) is 0. The van der Waals surface area contributed by atoms with Crippen LogP contribution in [0.4, 0.5) is 0 Å². The third kappa shape index (κ3) is 5.38. The van der Waals surface area contributed by atoms with Crippen LogP contribution in [0.25, 0.3) is 0 Å². The number of unbranched alkanes of at least 4 members (excludes halogenated alkanes) is 1. The smallest absolute Gasteiger partial charge is 0.151 e. The molecule has 104 valence electrons. The van der Waals surface area contributed by atoms with E-state index in [1.165, 1.54) is 0 Å². The molecule has 0 aliphatic rings. The van der Waals surface area contributed by atoms with Crippen molar-refractivity contribution in [1.29, 1.82) is 0 Å². The Morgan fingerprint density at radius 2 is 2.17 bits per heavy atom. The molecule has 0 aliphatic heterocycles. The van der Waals surface area contributed by atoms with Gasteiger partial charge in [-0.25, -0.2) is 4.98 Å². The summed E-state index contributed by atoms with van der Waals surface area (Å²) in [6, 6.07) is 0. The molecular formula is C13H24ClN3O. The third-order valence-electron chi connectivity index (χ3n) is 2.85. The molecule has 0 saturated heterocycles. The van der Waals surface area contributed by atoms with Gasteiger partial charge in [0.1, 0.15) is 5.82 Å². The van der Waals surface area contributed by atoms with Crippen molar-refractivity contribution in [2.75, 3.05) is 6.54 Å². The Balaban J connectivity index is 2.35. The third-order valence-corrected chi connectivity index (χ3v) is 3.16. The number of aliphatic hydroxyl groups is 1. The van der Waals surface area contributed by atoms with E-state index in [9.17, 15) is 5.11 Å². The maximum atomic E-state index is 9.60. The number of rotatable bonds is 9. The predicted molar refractivity (Wildman–Crippen MR) is 74.8 cm³/mol. The normalized spacial score (nSPS) is 12.9. The highest BCUT2D eigenvalue weighted by molar-refractivity contribution is 6.30. The lowest BCUT2D eigenvalue weighted by Gasteiger charge is -2.09. The Labute approximate surface area is 114 Å². The van der Waals surface area contributed by atoms with Gasteiger partial charge in [0.05, 0.1) is 11.8 Å². The minimum atomic E-state index is -0.281. The zero-order valence-corrected chi connectivity index (χ0v) is 12.1. The number of imidazole rings is 1. The topological polar surface area (TPSA) is 60.9 Å². The van der Waals surface area contributed by atoms with Crippen molar-refractivity contribution < 1.29 is 5.11 Å². The molecule has 1 aromatic rings. The zero-order valence-electron chi connectivity index (χ0n) is 11.3. The number of hydrogen-bond acceptors (Lipinski definition) is 3. The summed E-state index contributed by atoms with van der Waals surface area (Å²) in [5, 5.41) is 13.3. The summed E-state index contributed by atoms with van der Waals surface area (Å²) in [5.41, 5.74) is 0.909. The molecule has 1 aromatic heterocycles. The largest absolute Gasteiger partial charge is 0.392 e. The first kappa shape index (κ1) is 15.5. The Hall–Kier alpha value is -0.580. The van der Waals surface area contributed by atoms with Gasteiger partial charge in [0, 0.05) is 19.5 Å². The molecule has 1 heterocycles. The maximum Gasteiger partial charge on any atom is 0.151 e. The highest BCUT2D eigenvalue weighted by Crippen LogP contribution is 2.13. The molecule has 0 amide bonds. The Morgan fingerprint density at radius 1 is 1.39 bits per heavy atom. The van der Waals surface area contributed by atoms with E-state index in [0.717, 1.165) is 43.6 Å². The van der Waals surface area contributed by atoms with Gasteiger partial charge in [0.25, 0.3) is 0 Å². The molecule has 0 spiro atoms. The van der Waals surface area contributed by atoms with Crippen LogP contribution in [-0.2, 0) is 13.0 Å². The monoisotopic (exact) mass is 273 g/mol. The van der Waals surface area contributed by atoms with Gasteiger partial charge >= 0.3 is 0 Å². The van der Waals surface area contributed by atoms with Crippen LogP contribution in [0.2, 0.25) is 5.15 Å². The number of H-pyrrole nitrogens is 1. The van der Waals surface area contributed by atoms with Gasteiger partial charge in [-0.05, 0) is 12.8 Å². The highest BCUT2D eigenvalue weighted by atomic mass is 35.5. The number of halogens is 1. The molecule has 0 fully saturated rings. The van der Waals surface area contributed by atoms with Gasteiger partial charge in [0.15, 0.2) is 5.15 Å². The van der Waals surface area contributed by atoms with Crippen molar-refractivity contribution in [2.45, 2.75) is 58.6 Å². The number of hydrogen-bond donors (Lipinski definition) is 3. The molecule has 0 aromatic carbocycles. The van der Waals surface area contributed by atoms with Gasteiger partial charge < -0.3 is 15.4 Å². The molecule has 3 N–H and O–H groups in total. The summed E-state index contributed by atoms with van der Waals surface area (Å²) >= 11 is 6.06. The Kier molecular flexibility index (Phi) is 7.32. The maximum absolute atomic E-state index is 9.60. The van der Waals surface area contributed by atoms with E-state index in [2.05, 4.69) is 29.1 Å². The molecule has 1 atom stereocenters. The molecule has 1 unspecified atom stereocenters. The fraction of sp³-hybridized carbons (Fsp3) is 0.769. The van der Waals surface area contributed by atoms with Crippen LogP contribution in [0.1, 0.15) is 51.0 Å². The van der Waals surface area contributed by atoms with Gasteiger partial charge in [-0.1, -0.05) is 38.3 Å². The van der Waals surface area contributed by atoms with E-state index in [1.54, 1.807) is 0 Å². The SMILES string of the molecule is CCCCc1nc(Cl)c(CNCC(O)CCC)[nH]1. The second kappa shape index (κ2) is 8.51. The van der Waals surface area contributed by atoms with E-state index >= 15 is 0 Å². The minimum Gasteiger partial charge on any atom is -0.392 e. The number of nitrogens with zero attached hydrogens (tertiary/aromatic N) is 1. The lowest BCUT2D eigenvalue weighted by Crippen LogP contribution is -2.26. The van der Waals surface area contributed by atoms with Gasteiger partial charge in [0.2, 0.25) is 0 Å². The molecule has 0 saturated carbocycles. The second-order valence-electron chi connectivity index (χ2n) is 4.63. The molecule has 0 aliphatic carbocycles. The Bertz CT molecular complexity index is 341. The number of aromatic amines is 1. The van der Waals surface area contributed by atoms with Crippen LogP contribution in [0.5, 0.6) is 0 Å². The van der Waals surface area contributed by atoms with Crippen LogP contribution in [0.15, 0.2) is 0 Å². The van der Waals surface area contributed by atoms with Crippen LogP contribution in [-0.4, -0.2) is 27.7 Å². The number of aryl methyl sites for hydroxylation is 1. The van der Waals surface area contributed by atoms with E-state index in [4.69, 9.17) is 11.6 Å². The number of aliphatic hydroxyl groups excluding tert-OH is 1. The summed E-state index contributed by atoms with van der Waals surface area (Å²) in [6.07, 6.45) is 4.74. The van der Waals surface area contributed by atoms with Crippen LogP contribution in [0, 0.1) is 0 Å². The van der Waals surface area contributed by atoms with Crippen LogP contribution < -0.4 is 5.32 Å². The first-order valence-corrected chi connectivity index (χ1v) is 7.17. The molecule has 1 rings (SSSR count). The van der Waals surface area contributed by atoms with Crippen molar-refractivity contribution in [3.63, 3.8) is 0 Å². The van der Waals surface area contributed by atoms with Gasteiger partial charge in [-0.15, -0.1) is 0 Å². The minimum absolute atomic E-state index is 0.281. The summed E-state index contributed by atoms with van der Waals surface area (Å²) in [6.45, 7) is 5.43. The molecule has 0 bridgehead atoms. The lowest BCUT2D eigenvalue weighted by molar-refractivity contribution is 0.160.